The van der Waals surface area contributed by atoms with Gasteiger partial charge in [0.1, 0.15) is 24.2 Å². The lowest BCUT2D eigenvalue weighted by Gasteiger charge is -2.21. The van der Waals surface area contributed by atoms with Crippen LogP contribution in [0.2, 0.25) is 0 Å². The predicted molar refractivity (Wildman–Crippen MR) is 98.8 cm³/mol. The fourth-order valence-corrected chi connectivity index (χ4v) is 3.56. The SMILES string of the molecule is CC(C)OC(=O)[C@H](C)NP(=O)(O)CO[C@@H](C)Cn1cnc2c(N)ncnc21. The molecule has 3 atom stereocenters. The van der Waals surface area contributed by atoms with Crippen molar-refractivity contribution in [3.05, 3.63) is 12.7 Å². The number of nitrogen functional groups attached to an aromatic ring is 1. The van der Waals surface area contributed by atoms with Crippen LogP contribution in [0.4, 0.5) is 5.82 Å². The molecule has 0 aliphatic heterocycles. The number of carbonyl (C=O) groups is 1. The fraction of sp³-hybridized carbons (Fsp3) is 0.600. The third kappa shape index (κ3) is 5.96. The predicted octanol–water partition coefficient (Wildman–Crippen LogP) is 0.886. The zero-order valence-corrected chi connectivity index (χ0v) is 16.6. The third-order valence-corrected chi connectivity index (χ3v) is 4.81. The van der Waals surface area contributed by atoms with Gasteiger partial charge in [-0.25, -0.2) is 20.0 Å². The number of ether oxygens (including phenoxy) is 2. The summed E-state index contributed by atoms with van der Waals surface area (Å²) in [6, 6.07) is -0.931. The number of nitrogens with one attached hydrogen (secondary N) is 1. The van der Waals surface area contributed by atoms with Crippen LogP contribution in [0.1, 0.15) is 27.7 Å². The Labute approximate surface area is 156 Å². The van der Waals surface area contributed by atoms with E-state index in [1.807, 2.05) is 0 Å². The molecule has 0 amide bonds. The molecule has 0 aliphatic carbocycles. The summed E-state index contributed by atoms with van der Waals surface area (Å²) < 4.78 is 24.4. The van der Waals surface area contributed by atoms with E-state index in [9.17, 15) is 14.3 Å². The molecule has 0 aromatic carbocycles. The summed E-state index contributed by atoms with van der Waals surface area (Å²) in [4.78, 5) is 33.9. The zero-order valence-electron chi connectivity index (χ0n) is 15.7. The number of imidazole rings is 1. The summed E-state index contributed by atoms with van der Waals surface area (Å²) >= 11 is 0. The standard InChI is InChI=1S/C15H25N6O5P/c1-9(2)26-15(22)11(4)20-27(23,24)8-25-10(3)5-21-7-19-12-13(16)17-6-18-14(12)21/h6-7,9-11H,5,8H2,1-4H3,(H2,16,17,18)(H2,20,23,24)/t10-,11-/m0/s1. The highest BCUT2D eigenvalue weighted by atomic mass is 31.2. The fourth-order valence-electron chi connectivity index (χ4n) is 2.32. The van der Waals surface area contributed by atoms with E-state index in [1.165, 1.54) is 13.3 Å². The van der Waals surface area contributed by atoms with Gasteiger partial charge in [0, 0.05) is 0 Å². The number of rotatable bonds is 9. The summed E-state index contributed by atoms with van der Waals surface area (Å²) in [5.74, 6) is -0.326. The summed E-state index contributed by atoms with van der Waals surface area (Å²) in [7, 11) is -3.89. The molecule has 2 aromatic rings. The molecular formula is C15H25N6O5P. The number of carbonyl (C=O) groups excluding carboxylic acids is 1. The Balaban J connectivity index is 1.90. The van der Waals surface area contributed by atoms with E-state index < -0.39 is 32.0 Å². The van der Waals surface area contributed by atoms with Gasteiger partial charge in [0.15, 0.2) is 11.5 Å². The monoisotopic (exact) mass is 400 g/mol. The smallest absolute Gasteiger partial charge is 0.323 e. The van der Waals surface area contributed by atoms with Gasteiger partial charge in [-0.05, 0) is 27.7 Å². The van der Waals surface area contributed by atoms with E-state index in [0.29, 0.717) is 17.7 Å². The molecule has 0 fully saturated rings. The van der Waals surface area contributed by atoms with Crippen LogP contribution in [0.15, 0.2) is 12.7 Å². The van der Waals surface area contributed by atoms with Gasteiger partial charge in [-0.15, -0.1) is 0 Å². The molecule has 0 bridgehead atoms. The minimum absolute atomic E-state index is 0.277. The number of nitrogens with zero attached hydrogens (tertiary/aromatic N) is 4. The zero-order chi connectivity index (χ0) is 20.2. The number of fused-ring (bicyclic) bond motifs is 1. The van der Waals surface area contributed by atoms with Gasteiger partial charge in [0.05, 0.1) is 25.1 Å². The van der Waals surface area contributed by atoms with Crippen molar-refractivity contribution in [3.63, 3.8) is 0 Å². The minimum atomic E-state index is -3.89. The van der Waals surface area contributed by atoms with E-state index in [0.717, 1.165) is 0 Å². The maximum Gasteiger partial charge on any atom is 0.323 e. The van der Waals surface area contributed by atoms with Crippen LogP contribution in [0, 0.1) is 0 Å². The first-order chi connectivity index (χ1) is 12.6. The Bertz CT molecular complexity index is 841. The average molecular weight is 400 g/mol. The van der Waals surface area contributed by atoms with Crippen molar-refractivity contribution in [1.82, 2.24) is 24.6 Å². The van der Waals surface area contributed by atoms with Gasteiger partial charge in [-0.3, -0.25) is 9.36 Å². The molecule has 0 aliphatic rings. The number of nitrogens with two attached hydrogens (primary N) is 1. The lowest BCUT2D eigenvalue weighted by atomic mass is 10.4. The van der Waals surface area contributed by atoms with Gasteiger partial charge in [-0.2, -0.15) is 0 Å². The van der Waals surface area contributed by atoms with Crippen LogP contribution in [0.3, 0.4) is 0 Å². The quantitative estimate of drug-likeness (QED) is 0.408. The van der Waals surface area contributed by atoms with E-state index in [2.05, 4.69) is 20.0 Å². The van der Waals surface area contributed by atoms with Crippen molar-refractivity contribution in [2.75, 3.05) is 12.1 Å². The Morgan fingerprint density at radius 1 is 1.33 bits per heavy atom. The highest BCUT2D eigenvalue weighted by Gasteiger charge is 2.27. The second-order valence-electron chi connectivity index (χ2n) is 6.47. The Morgan fingerprint density at radius 3 is 2.70 bits per heavy atom. The molecule has 0 radical (unpaired) electrons. The van der Waals surface area contributed by atoms with Crippen LogP contribution in [0.25, 0.3) is 11.2 Å². The highest BCUT2D eigenvalue weighted by molar-refractivity contribution is 7.55. The summed E-state index contributed by atoms with van der Waals surface area (Å²) in [6.07, 6.45) is 1.70. The van der Waals surface area contributed by atoms with E-state index in [4.69, 9.17) is 15.2 Å². The van der Waals surface area contributed by atoms with Gasteiger partial charge in [0.25, 0.3) is 7.52 Å². The Kier molecular flexibility index (Phi) is 6.88. The van der Waals surface area contributed by atoms with E-state index in [1.54, 1.807) is 31.7 Å². The first-order valence-corrected chi connectivity index (χ1v) is 10.3. The van der Waals surface area contributed by atoms with Crippen molar-refractivity contribution < 1.29 is 23.7 Å². The largest absolute Gasteiger partial charge is 0.462 e. The average Bonchev–Trinajstić information content (AvgIpc) is 2.96. The molecule has 2 heterocycles. The van der Waals surface area contributed by atoms with Gasteiger partial charge >= 0.3 is 5.97 Å². The third-order valence-electron chi connectivity index (χ3n) is 3.52. The molecule has 0 spiro atoms. The van der Waals surface area contributed by atoms with Crippen molar-refractivity contribution in [2.45, 2.75) is 52.5 Å². The first-order valence-electron chi connectivity index (χ1n) is 8.42. The van der Waals surface area contributed by atoms with Crippen LogP contribution in [0.5, 0.6) is 0 Å². The molecule has 2 aromatic heterocycles. The van der Waals surface area contributed by atoms with Crippen LogP contribution in [-0.4, -0.2) is 55.0 Å². The van der Waals surface area contributed by atoms with Crippen molar-refractivity contribution in [3.8, 4) is 0 Å². The molecule has 150 valence electrons. The highest BCUT2D eigenvalue weighted by Crippen LogP contribution is 2.36. The molecule has 11 nitrogen and oxygen atoms in total. The molecule has 0 saturated heterocycles. The molecule has 1 unspecified atom stereocenters. The topological polar surface area (TPSA) is 154 Å². The summed E-state index contributed by atoms with van der Waals surface area (Å²) in [5, 5.41) is 2.37. The number of aromatic nitrogens is 4. The molecule has 0 saturated carbocycles. The summed E-state index contributed by atoms with van der Waals surface area (Å²) in [5.41, 5.74) is 6.78. The molecule has 12 heteroatoms. The number of hydrogen-bond donors (Lipinski definition) is 3. The lowest BCUT2D eigenvalue weighted by molar-refractivity contribution is -0.149. The number of esters is 1. The normalized spacial score (nSPS) is 16.2. The Hall–Kier alpha value is -2.07. The van der Waals surface area contributed by atoms with Crippen molar-refractivity contribution in [2.24, 2.45) is 0 Å². The number of anilines is 1. The first kappa shape index (κ1) is 21.2. The van der Waals surface area contributed by atoms with Crippen molar-refractivity contribution >= 4 is 30.5 Å². The lowest BCUT2D eigenvalue weighted by Crippen LogP contribution is -2.35. The minimum Gasteiger partial charge on any atom is -0.462 e. The van der Waals surface area contributed by atoms with Crippen LogP contribution in [-0.2, 0) is 25.4 Å². The second-order valence-corrected chi connectivity index (χ2v) is 8.39. The van der Waals surface area contributed by atoms with Gasteiger partial charge in [-0.1, -0.05) is 0 Å². The number of hydrogen-bond acceptors (Lipinski definition) is 8. The molecule has 27 heavy (non-hydrogen) atoms. The molecule has 2 rings (SSSR count). The van der Waals surface area contributed by atoms with Crippen LogP contribution < -0.4 is 10.8 Å². The maximum atomic E-state index is 12.2. The van der Waals surface area contributed by atoms with Crippen LogP contribution >= 0.6 is 7.52 Å². The van der Waals surface area contributed by atoms with E-state index in [-0.39, 0.29) is 11.9 Å². The van der Waals surface area contributed by atoms with Crippen molar-refractivity contribution in [1.29, 1.82) is 0 Å². The molecular weight excluding hydrogens is 375 g/mol. The van der Waals surface area contributed by atoms with E-state index >= 15 is 0 Å². The van der Waals surface area contributed by atoms with Gasteiger partial charge in [0.2, 0.25) is 0 Å². The second kappa shape index (κ2) is 8.75. The Morgan fingerprint density at radius 2 is 2.04 bits per heavy atom. The maximum absolute atomic E-state index is 12.2. The summed E-state index contributed by atoms with van der Waals surface area (Å²) in [6.45, 7) is 6.95. The molecule has 4 N–H and O–H groups in total. The van der Waals surface area contributed by atoms with Gasteiger partial charge < -0.3 is 24.7 Å².